The molecule has 0 bridgehead atoms. The van der Waals surface area contributed by atoms with Crippen molar-refractivity contribution in [2.24, 2.45) is 0 Å². The average Bonchev–Trinajstić information content (AvgIpc) is 2.14. The molecule has 0 aliphatic heterocycles. The fourth-order valence-corrected chi connectivity index (χ4v) is 3.03. The van der Waals surface area contributed by atoms with Gasteiger partial charge in [-0.05, 0) is 35.3 Å². The molecule has 0 radical (unpaired) electrons. The summed E-state index contributed by atoms with van der Waals surface area (Å²) in [5.41, 5.74) is 0. The minimum absolute atomic E-state index is 1.05. The molecule has 1 heterocycles. The number of hydrogen-bond donors (Lipinski definition) is 0. The summed E-state index contributed by atoms with van der Waals surface area (Å²) in [6, 6.07) is 2.20. The maximum atomic E-state index is 3.48. The van der Waals surface area contributed by atoms with Gasteiger partial charge in [-0.15, -0.1) is 11.3 Å². The predicted molar refractivity (Wildman–Crippen MR) is 54.3 cm³/mol. The van der Waals surface area contributed by atoms with Gasteiger partial charge in [-0.25, -0.2) is 0 Å². The predicted octanol–water partition coefficient (Wildman–Crippen LogP) is 3.76. The van der Waals surface area contributed by atoms with E-state index in [1.807, 2.05) is 11.3 Å². The summed E-state index contributed by atoms with van der Waals surface area (Å²) in [5, 5.41) is 1.05. The summed E-state index contributed by atoms with van der Waals surface area (Å²) in [5.74, 6) is 0. The second-order valence-corrected chi connectivity index (χ2v) is 5.04. The van der Waals surface area contributed by atoms with E-state index in [1.54, 1.807) is 0 Å². The first-order valence-electron chi connectivity index (χ1n) is 3.05. The molecule has 0 aromatic carbocycles. The Morgan fingerprint density at radius 1 is 1.60 bits per heavy atom. The van der Waals surface area contributed by atoms with E-state index in [1.165, 1.54) is 14.2 Å². The fourth-order valence-electron chi connectivity index (χ4n) is 0.734. The van der Waals surface area contributed by atoms with Crippen LogP contribution in [-0.2, 0) is 6.42 Å². The molecular formula is C7H8Br2S. The summed E-state index contributed by atoms with van der Waals surface area (Å²) < 4.78 is 1.24. The van der Waals surface area contributed by atoms with Crippen LogP contribution in [0.5, 0.6) is 0 Å². The van der Waals surface area contributed by atoms with Gasteiger partial charge in [0.25, 0.3) is 0 Å². The van der Waals surface area contributed by atoms with Crippen molar-refractivity contribution in [3.8, 4) is 0 Å². The minimum Gasteiger partial charge on any atom is -0.144 e. The molecule has 0 aliphatic rings. The first-order chi connectivity index (χ1) is 4.74. The highest BCUT2D eigenvalue weighted by atomic mass is 79.9. The quantitative estimate of drug-likeness (QED) is 0.725. The Balaban J connectivity index is 2.77. The highest BCUT2D eigenvalue weighted by Crippen LogP contribution is 2.26. The lowest BCUT2D eigenvalue weighted by atomic mass is 10.4. The molecule has 0 aliphatic carbocycles. The van der Waals surface area contributed by atoms with Crippen LogP contribution in [0.25, 0.3) is 0 Å². The van der Waals surface area contributed by atoms with E-state index in [2.05, 4.69) is 44.8 Å². The molecule has 1 aromatic heterocycles. The molecule has 56 valence electrons. The molecule has 0 fully saturated rings. The monoisotopic (exact) mass is 282 g/mol. The van der Waals surface area contributed by atoms with Gasteiger partial charge in [-0.3, -0.25) is 0 Å². The van der Waals surface area contributed by atoms with Crippen LogP contribution in [0.1, 0.15) is 9.75 Å². The molecule has 0 nitrogen and oxygen atoms in total. The van der Waals surface area contributed by atoms with Crippen LogP contribution in [-0.4, -0.2) is 5.33 Å². The molecule has 0 unspecified atom stereocenters. The van der Waals surface area contributed by atoms with Crippen molar-refractivity contribution in [2.75, 3.05) is 5.33 Å². The number of thiophene rings is 1. The van der Waals surface area contributed by atoms with Gasteiger partial charge in [0, 0.05) is 19.6 Å². The number of alkyl halides is 1. The Morgan fingerprint density at radius 3 is 2.70 bits per heavy atom. The van der Waals surface area contributed by atoms with Gasteiger partial charge in [0.15, 0.2) is 0 Å². The smallest absolute Gasteiger partial charge is 0.0314 e. The molecule has 1 aromatic rings. The first kappa shape index (κ1) is 8.75. The highest BCUT2D eigenvalue weighted by molar-refractivity contribution is 9.10. The third-order valence-corrected chi connectivity index (χ3v) is 3.84. The van der Waals surface area contributed by atoms with Gasteiger partial charge in [0.1, 0.15) is 0 Å². The zero-order valence-corrected chi connectivity index (χ0v) is 9.64. The van der Waals surface area contributed by atoms with E-state index >= 15 is 0 Å². The van der Waals surface area contributed by atoms with Crippen molar-refractivity contribution in [1.29, 1.82) is 0 Å². The maximum absolute atomic E-state index is 3.48. The van der Waals surface area contributed by atoms with E-state index in [0.717, 1.165) is 11.8 Å². The molecule has 0 N–H and O–H groups in total. The Labute approximate surface area is 81.9 Å². The largest absolute Gasteiger partial charge is 0.144 e. The SMILES string of the molecule is Cc1sc(CCBr)cc1Br. The number of aryl methyl sites for hydroxylation is 2. The van der Waals surface area contributed by atoms with Crippen molar-refractivity contribution < 1.29 is 0 Å². The molecular weight excluding hydrogens is 276 g/mol. The number of halogens is 2. The molecule has 0 atom stereocenters. The van der Waals surface area contributed by atoms with Crippen molar-refractivity contribution >= 4 is 43.2 Å². The topological polar surface area (TPSA) is 0 Å². The lowest BCUT2D eigenvalue weighted by Crippen LogP contribution is -1.76. The van der Waals surface area contributed by atoms with Gasteiger partial charge >= 0.3 is 0 Å². The van der Waals surface area contributed by atoms with Crippen LogP contribution in [0.4, 0.5) is 0 Å². The van der Waals surface area contributed by atoms with E-state index in [0.29, 0.717) is 0 Å². The van der Waals surface area contributed by atoms with E-state index in [-0.39, 0.29) is 0 Å². The van der Waals surface area contributed by atoms with Crippen LogP contribution in [0.2, 0.25) is 0 Å². The van der Waals surface area contributed by atoms with Crippen LogP contribution >= 0.6 is 43.2 Å². The summed E-state index contributed by atoms with van der Waals surface area (Å²) in [7, 11) is 0. The summed E-state index contributed by atoms with van der Waals surface area (Å²) in [6.07, 6.45) is 1.14. The molecule has 0 saturated carbocycles. The number of rotatable bonds is 2. The van der Waals surface area contributed by atoms with Crippen molar-refractivity contribution in [1.82, 2.24) is 0 Å². The van der Waals surface area contributed by atoms with Gasteiger partial charge in [-0.1, -0.05) is 15.9 Å². The maximum Gasteiger partial charge on any atom is 0.0314 e. The average molecular weight is 284 g/mol. The molecule has 10 heavy (non-hydrogen) atoms. The Bertz CT molecular complexity index is 198. The van der Waals surface area contributed by atoms with E-state index in [4.69, 9.17) is 0 Å². The zero-order chi connectivity index (χ0) is 7.56. The fraction of sp³-hybridized carbons (Fsp3) is 0.429. The summed E-state index contributed by atoms with van der Waals surface area (Å²) in [6.45, 7) is 2.13. The Morgan fingerprint density at radius 2 is 2.30 bits per heavy atom. The third-order valence-electron chi connectivity index (χ3n) is 1.25. The van der Waals surface area contributed by atoms with E-state index < -0.39 is 0 Å². The van der Waals surface area contributed by atoms with Gasteiger partial charge < -0.3 is 0 Å². The van der Waals surface area contributed by atoms with Crippen molar-refractivity contribution in [2.45, 2.75) is 13.3 Å². The van der Waals surface area contributed by atoms with Crippen LogP contribution in [0.15, 0.2) is 10.5 Å². The van der Waals surface area contributed by atoms with Crippen LogP contribution < -0.4 is 0 Å². The van der Waals surface area contributed by atoms with Crippen molar-refractivity contribution in [3.63, 3.8) is 0 Å². The molecule has 0 amide bonds. The molecule has 1 rings (SSSR count). The van der Waals surface area contributed by atoms with Crippen molar-refractivity contribution in [3.05, 3.63) is 20.3 Å². The van der Waals surface area contributed by atoms with Crippen LogP contribution in [0, 0.1) is 6.92 Å². The lowest BCUT2D eigenvalue weighted by molar-refractivity contribution is 1.22. The second kappa shape index (κ2) is 3.88. The molecule has 0 saturated heterocycles. The van der Waals surface area contributed by atoms with Gasteiger partial charge in [0.2, 0.25) is 0 Å². The highest BCUT2D eigenvalue weighted by Gasteiger charge is 2.00. The van der Waals surface area contributed by atoms with Gasteiger partial charge in [0.05, 0.1) is 0 Å². The first-order valence-corrected chi connectivity index (χ1v) is 5.78. The normalized spacial score (nSPS) is 10.3. The summed E-state index contributed by atoms with van der Waals surface area (Å²) >= 11 is 8.75. The molecule has 0 spiro atoms. The van der Waals surface area contributed by atoms with Crippen LogP contribution in [0.3, 0.4) is 0 Å². The minimum atomic E-state index is 1.05. The second-order valence-electron chi connectivity index (χ2n) is 2.06. The molecule has 3 heteroatoms. The summed E-state index contributed by atoms with van der Waals surface area (Å²) in [4.78, 5) is 2.82. The van der Waals surface area contributed by atoms with E-state index in [9.17, 15) is 0 Å². The third kappa shape index (κ3) is 2.07. The standard InChI is InChI=1S/C7H8Br2S/c1-5-7(9)4-6(10-5)2-3-8/h4H,2-3H2,1H3. The lowest BCUT2D eigenvalue weighted by Gasteiger charge is -1.85. The van der Waals surface area contributed by atoms with Gasteiger partial charge in [-0.2, -0.15) is 0 Å². The Hall–Kier alpha value is 0.660. The zero-order valence-electron chi connectivity index (χ0n) is 5.66. The number of hydrogen-bond acceptors (Lipinski definition) is 1. The Kier molecular flexibility index (Phi) is 3.40.